The van der Waals surface area contributed by atoms with Crippen LogP contribution in [0.25, 0.3) is 0 Å². The van der Waals surface area contributed by atoms with Crippen LogP contribution in [0.3, 0.4) is 0 Å². The first-order chi connectivity index (χ1) is 7.58. The molecule has 0 heterocycles. The second-order valence-corrected chi connectivity index (χ2v) is 3.75. The summed E-state index contributed by atoms with van der Waals surface area (Å²) in [4.78, 5) is 7.85. The SMILES string of the molecule is CN=C(N=CN)c1cc(F)cc(C(C)C)c1. The van der Waals surface area contributed by atoms with E-state index in [2.05, 4.69) is 9.98 Å². The summed E-state index contributed by atoms with van der Waals surface area (Å²) in [6, 6.07) is 4.80. The zero-order valence-electron chi connectivity index (χ0n) is 9.74. The minimum atomic E-state index is -0.283. The van der Waals surface area contributed by atoms with E-state index in [1.54, 1.807) is 7.05 Å². The van der Waals surface area contributed by atoms with Crippen molar-refractivity contribution in [2.45, 2.75) is 19.8 Å². The summed E-state index contributed by atoms with van der Waals surface area (Å²) in [5.74, 6) is 0.410. The first kappa shape index (κ1) is 12.4. The van der Waals surface area contributed by atoms with E-state index in [1.807, 2.05) is 19.9 Å². The van der Waals surface area contributed by atoms with Crippen LogP contribution in [0.1, 0.15) is 30.9 Å². The van der Waals surface area contributed by atoms with Gasteiger partial charge in [-0.3, -0.25) is 4.99 Å². The summed E-state index contributed by atoms with van der Waals surface area (Å²) in [7, 11) is 1.60. The van der Waals surface area contributed by atoms with Crippen LogP contribution in [0.15, 0.2) is 28.2 Å². The standard InChI is InChI=1S/C12H16FN3/c1-8(2)9-4-10(6-11(13)5-9)12(15-3)16-7-14/h4-8H,1-3H3,(H2,14,15,16). The quantitative estimate of drug-likeness (QED) is 0.604. The molecule has 0 fully saturated rings. The Morgan fingerprint density at radius 2 is 2.06 bits per heavy atom. The summed E-state index contributed by atoms with van der Waals surface area (Å²) in [6.07, 6.45) is 1.16. The van der Waals surface area contributed by atoms with Gasteiger partial charge in [-0.1, -0.05) is 13.8 Å². The molecule has 0 saturated heterocycles. The molecule has 3 nitrogen and oxygen atoms in total. The van der Waals surface area contributed by atoms with Gasteiger partial charge < -0.3 is 5.73 Å². The molecule has 1 aromatic carbocycles. The average molecular weight is 221 g/mol. The summed E-state index contributed by atoms with van der Waals surface area (Å²) >= 11 is 0. The van der Waals surface area contributed by atoms with Crippen molar-refractivity contribution in [3.63, 3.8) is 0 Å². The second-order valence-electron chi connectivity index (χ2n) is 3.75. The molecule has 0 aliphatic rings. The van der Waals surface area contributed by atoms with Crippen LogP contribution in [0, 0.1) is 5.82 Å². The lowest BCUT2D eigenvalue weighted by Gasteiger charge is -2.08. The third-order valence-corrected chi connectivity index (χ3v) is 2.25. The van der Waals surface area contributed by atoms with E-state index in [9.17, 15) is 4.39 Å². The average Bonchev–Trinajstić information content (AvgIpc) is 2.24. The van der Waals surface area contributed by atoms with E-state index in [4.69, 9.17) is 5.73 Å². The monoisotopic (exact) mass is 221 g/mol. The number of amidine groups is 1. The maximum Gasteiger partial charge on any atom is 0.156 e. The molecule has 16 heavy (non-hydrogen) atoms. The van der Waals surface area contributed by atoms with Crippen LogP contribution in [0.5, 0.6) is 0 Å². The molecule has 0 unspecified atom stereocenters. The highest BCUT2D eigenvalue weighted by atomic mass is 19.1. The summed E-state index contributed by atoms with van der Waals surface area (Å²) < 4.78 is 13.4. The molecule has 86 valence electrons. The van der Waals surface area contributed by atoms with E-state index < -0.39 is 0 Å². The van der Waals surface area contributed by atoms with Crippen LogP contribution in [0.4, 0.5) is 4.39 Å². The van der Waals surface area contributed by atoms with Gasteiger partial charge in [0.25, 0.3) is 0 Å². The molecule has 0 aromatic heterocycles. The van der Waals surface area contributed by atoms with Gasteiger partial charge in [-0.15, -0.1) is 0 Å². The number of rotatable bonds is 2. The lowest BCUT2D eigenvalue weighted by molar-refractivity contribution is 0.623. The van der Waals surface area contributed by atoms with E-state index in [0.29, 0.717) is 11.4 Å². The van der Waals surface area contributed by atoms with E-state index in [0.717, 1.165) is 11.9 Å². The Morgan fingerprint density at radius 1 is 1.38 bits per heavy atom. The van der Waals surface area contributed by atoms with Crippen molar-refractivity contribution in [1.82, 2.24) is 0 Å². The van der Waals surface area contributed by atoms with E-state index >= 15 is 0 Å². The Bertz CT molecular complexity index is 422. The Hall–Kier alpha value is -1.71. The first-order valence-corrected chi connectivity index (χ1v) is 5.10. The number of nitrogens with zero attached hydrogens (tertiary/aromatic N) is 2. The smallest absolute Gasteiger partial charge is 0.156 e. The highest BCUT2D eigenvalue weighted by Gasteiger charge is 2.07. The number of benzene rings is 1. The normalized spacial score (nSPS) is 12.7. The van der Waals surface area contributed by atoms with Crippen molar-refractivity contribution >= 4 is 12.2 Å². The van der Waals surface area contributed by atoms with Gasteiger partial charge in [-0.05, 0) is 29.7 Å². The molecule has 0 spiro atoms. The van der Waals surface area contributed by atoms with Crippen molar-refractivity contribution in [3.8, 4) is 0 Å². The van der Waals surface area contributed by atoms with Gasteiger partial charge in [-0.25, -0.2) is 9.38 Å². The fourth-order valence-electron chi connectivity index (χ4n) is 1.41. The number of hydrogen-bond donors (Lipinski definition) is 1. The number of hydrogen-bond acceptors (Lipinski definition) is 1. The molecule has 0 radical (unpaired) electrons. The highest BCUT2D eigenvalue weighted by Crippen LogP contribution is 2.18. The predicted molar refractivity (Wildman–Crippen MR) is 65.6 cm³/mol. The molecule has 0 bridgehead atoms. The highest BCUT2D eigenvalue weighted by molar-refractivity contribution is 6.02. The zero-order valence-corrected chi connectivity index (χ0v) is 9.74. The van der Waals surface area contributed by atoms with Crippen LogP contribution >= 0.6 is 0 Å². The Labute approximate surface area is 94.9 Å². The van der Waals surface area contributed by atoms with Crippen molar-refractivity contribution in [2.75, 3.05) is 7.05 Å². The third kappa shape index (κ3) is 2.89. The van der Waals surface area contributed by atoms with Crippen molar-refractivity contribution in [1.29, 1.82) is 0 Å². The topological polar surface area (TPSA) is 50.7 Å². The Morgan fingerprint density at radius 3 is 2.56 bits per heavy atom. The van der Waals surface area contributed by atoms with Gasteiger partial charge in [0.15, 0.2) is 5.84 Å². The zero-order chi connectivity index (χ0) is 12.1. The van der Waals surface area contributed by atoms with Gasteiger partial charge in [0, 0.05) is 12.6 Å². The van der Waals surface area contributed by atoms with Crippen molar-refractivity contribution in [2.24, 2.45) is 15.7 Å². The van der Waals surface area contributed by atoms with Gasteiger partial charge in [0.2, 0.25) is 0 Å². The van der Waals surface area contributed by atoms with Crippen LogP contribution in [-0.2, 0) is 0 Å². The minimum absolute atomic E-state index is 0.259. The third-order valence-electron chi connectivity index (χ3n) is 2.25. The number of nitrogens with two attached hydrogens (primary N) is 1. The molecule has 0 aliphatic heterocycles. The molecule has 0 atom stereocenters. The molecule has 2 N–H and O–H groups in total. The molecular weight excluding hydrogens is 205 g/mol. The summed E-state index contributed by atoms with van der Waals surface area (Å²) in [5, 5.41) is 0. The largest absolute Gasteiger partial charge is 0.390 e. The number of halogens is 1. The molecular formula is C12H16FN3. The fraction of sp³-hybridized carbons (Fsp3) is 0.333. The van der Waals surface area contributed by atoms with E-state index in [1.165, 1.54) is 12.1 Å². The van der Waals surface area contributed by atoms with Crippen molar-refractivity contribution in [3.05, 3.63) is 35.1 Å². The van der Waals surface area contributed by atoms with Gasteiger partial charge in [-0.2, -0.15) is 0 Å². The minimum Gasteiger partial charge on any atom is -0.390 e. The summed E-state index contributed by atoms with van der Waals surface area (Å²) in [6.45, 7) is 4.01. The Kier molecular flexibility index (Phi) is 4.17. The molecule has 0 saturated carbocycles. The first-order valence-electron chi connectivity index (χ1n) is 5.10. The van der Waals surface area contributed by atoms with E-state index in [-0.39, 0.29) is 11.7 Å². The Balaban J connectivity index is 3.23. The molecule has 1 rings (SSSR count). The second kappa shape index (κ2) is 5.39. The van der Waals surface area contributed by atoms with Crippen molar-refractivity contribution < 1.29 is 4.39 Å². The van der Waals surface area contributed by atoms with Crippen LogP contribution < -0.4 is 5.73 Å². The number of aliphatic imine (C=N–C) groups is 2. The van der Waals surface area contributed by atoms with Gasteiger partial charge in [0.05, 0.1) is 6.34 Å². The molecule has 0 aliphatic carbocycles. The molecule has 0 amide bonds. The lowest BCUT2D eigenvalue weighted by Crippen LogP contribution is -2.03. The van der Waals surface area contributed by atoms with Crippen LogP contribution in [0.2, 0.25) is 0 Å². The maximum atomic E-state index is 13.4. The fourth-order valence-corrected chi connectivity index (χ4v) is 1.41. The van der Waals surface area contributed by atoms with Gasteiger partial charge in [0.1, 0.15) is 5.82 Å². The lowest BCUT2D eigenvalue weighted by atomic mass is 10.0. The van der Waals surface area contributed by atoms with Crippen LogP contribution in [-0.4, -0.2) is 19.2 Å². The van der Waals surface area contributed by atoms with Gasteiger partial charge >= 0.3 is 0 Å². The predicted octanol–water partition coefficient (Wildman–Crippen LogP) is 2.31. The molecule has 4 heteroatoms. The maximum absolute atomic E-state index is 13.4. The summed E-state index contributed by atoms with van der Waals surface area (Å²) in [5.41, 5.74) is 6.78. The molecule has 1 aromatic rings.